The number of nitrogen functional groups attached to an aromatic ring is 1. The molecule has 0 unspecified atom stereocenters. The van der Waals surface area contributed by atoms with E-state index in [1.165, 1.54) is 23.8 Å². The van der Waals surface area contributed by atoms with Crippen LogP contribution in [0.25, 0.3) is 0 Å². The lowest BCUT2D eigenvalue weighted by molar-refractivity contribution is 0.444. The van der Waals surface area contributed by atoms with Gasteiger partial charge >= 0.3 is 0 Å². The van der Waals surface area contributed by atoms with Crippen LogP contribution in [0.1, 0.15) is 30.3 Å². The van der Waals surface area contributed by atoms with Crippen molar-refractivity contribution in [1.29, 1.82) is 0 Å². The Morgan fingerprint density at radius 2 is 2.40 bits per heavy atom. The van der Waals surface area contributed by atoms with Crippen LogP contribution in [0.3, 0.4) is 0 Å². The molecule has 0 radical (unpaired) electrons. The first-order valence-electron chi connectivity index (χ1n) is 4.91. The molecule has 15 heavy (non-hydrogen) atoms. The van der Waals surface area contributed by atoms with Gasteiger partial charge in [-0.25, -0.2) is 4.98 Å². The number of nitrogens with zero attached hydrogens (tertiary/aromatic N) is 4. The van der Waals surface area contributed by atoms with Crippen LogP contribution >= 0.6 is 0 Å². The number of oxazole rings is 1. The van der Waals surface area contributed by atoms with Crippen LogP contribution in [0.4, 0.5) is 5.82 Å². The highest BCUT2D eigenvalue weighted by Crippen LogP contribution is 2.39. The van der Waals surface area contributed by atoms with Crippen molar-refractivity contribution in [2.75, 3.05) is 5.73 Å². The maximum absolute atomic E-state index is 5.45. The molecule has 2 N–H and O–H groups in total. The van der Waals surface area contributed by atoms with E-state index in [0.29, 0.717) is 24.2 Å². The molecule has 0 spiro atoms. The first kappa shape index (κ1) is 8.46. The maximum Gasteiger partial charge on any atom is 0.217 e. The van der Waals surface area contributed by atoms with E-state index in [9.17, 15) is 0 Å². The zero-order chi connectivity index (χ0) is 10.3. The number of nitrogens with two attached hydrogens (primary N) is 1. The van der Waals surface area contributed by atoms with E-state index in [1.54, 1.807) is 6.26 Å². The summed E-state index contributed by atoms with van der Waals surface area (Å²) in [6.45, 7) is 0.434. The molecule has 0 aliphatic heterocycles. The maximum atomic E-state index is 5.45. The highest BCUT2D eigenvalue weighted by atomic mass is 16.3. The summed E-state index contributed by atoms with van der Waals surface area (Å²) in [7, 11) is 0. The SMILES string of the molecule is Nc1cnn(Cc2nc(C3CC3)co2)n1. The third-order valence-corrected chi connectivity index (χ3v) is 2.40. The lowest BCUT2D eigenvalue weighted by Crippen LogP contribution is -2.04. The van der Waals surface area contributed by atoms with Gasteiger partial charge in [-0.3, -0.25) is 0 Å². The first-order chi connectivity index (χ1) is 7.31. The normalized spacial score (nSPS) is 15.7. The van der Waals surface area contributed by atoms with Crippen LogP contribution in [-0.4, -0.2) is 20.0 Å². The van der Waals surface area contributed by atoms with Crippen molar-refractivity contribution in [3.8, 4) is 0 Å². The Balaban J connectivity index is 1.75. The van der Waals surface area contributed by atoms with Gasteiger partial charge < -0.3 is 10.2 Å². The molecule has 2 aromatic heterocycles. The van der Waals surface area contributed by atoms with E-state index < -0.39 is 0 Å². The predicted octanol–water partition coefficient (Wildman–Crippen LogP) is 0.774. The molecule has 0 saturated heterocycles. The summed E-state index contributed by atoms with van der Waals surface area (Å²) in [5.41, 5.74) is 6.50. The fourth-order valence-electron chi connectivity index (χ4n) is 1.47. The fourth-order valence-corrected chi connectivity index (χ4v) is 1.47. The summed E-state index contributed by atoms with van der Waals surface area (Å²) in [4.78, 5) is 5.84. The number of aromatic nitrogens is 4. The summed E-state index contributed by atoms with van der Waals surface area (Å²) in [5.74, 6) is 1.65. The second-order valence-electron chi connectivity index (χ2n) is 3.74. The highest BCUT2D eigenvalue weighted by Gasteiger charge is 2.26. The first-order valence-corrected chi connectivity index (χ1v) is 4.91. The lowest BCUT2D eigenvalue weighted by Gasteiger charge is -1.92. The minimum Gasteiger partial charge on any atom is -0.447 e. The third-order valence-electron chi connectivity index (χ3n) is 2.40. The Labute approximate surface area is 86.1 Å². The molecule has 6 heteroatoms. The Morgan fingerprint density at radius 3 is 3.07 bits per heavy atom. The number of hydrogen-bond acceptors (Lipinski definition) is 5. The molecule has 1 saturated carbocycles. The largest absolute Gasteiger partial charge is 0.447 e. The monoisotopic (exact) mass is 205 g/mol. The minimum atomic E-state index is 0.406. The van der Waals surface area contributed by atoms with Crippen molar-refractivity contribution in [2.24, 2.45) is 0 Å². The molecule has 2 aromatic rings. The molecule has 1 aliphatic carbocycles. The minimum absolute atomic E-state index is 0.406. The highest BCUT2D eigenvalue weighted by molar-refractivity contribution is 5.19. The van der Waals surface area contributed by atoms with Crippen molar-refractivity contribution in [3.05, 3.63) is 24.0 Å². The Morgan fingerprint density at radius 1 is 1.53 bits per heavy atom. The van der Waals surface area contributed by atoms with Crippen molar-refractivity contribution in [1.82, 2.24) is 20.0 Å². The van der Waals surface area contributed by atoms with E-state index in [0.717, 1.165) is 5.69 Å². The summed E-state index contributed by atoms with van der Waals surface area (Å²) >= 11 is 0. The molecule has 0 aromatic carbocycles. The average Bonchev–Trinajstić information content (AvgIpc) is 2.84. The predicted molar refractivity (Wildman–Crippen MR) is 52.0 cm³/mol. The van der Waals surface area contributed by atoms with Crippen LogP contribution in [0, 0.1) is 0 Å². The van der Waals surface area contributed by atoms with Crippen LogP contribution in [0.15, 0.2) is 16.9 Å². The molecule has 0 bridgehead atoms. The van der Waals surface area contributed by atoms with Gasteiger partial charge in [-0.2, -0.15) is 9.90 Å². The third kappa shape index (κ3) is 1.70. The molecule has 0 amide bonds. The van der Waals surface area contributed by atoms with Gasteiger partial charge in [-0.15, -0.1) is 5.10 Å². The van der Waals surface area contributed by atoms with Crippen molar-refractivity contribution in [2.45, 2.75) is 25.3 Å². The van der Waals surface area contributed by atoms with Gasteiger partial charge in [0.15, 0.2) is 5.82 Å². The molecule has 1 fully saturated rings. The summed E-state index contributed by atoms with van der Waals surface area (Å²) < 4.78 is 5.33. The van der Waals surface area contributed by atoms with Gasteiger partial charge in [-0.05, 0) is 12.8 Å². The quantitative estimate of drug-likeness (QED) is 0.800. The van der Waals surface area contributed by atoms with Crippen LogP contribution in [0.5, 0.6) is 0 Å². The van der Waals surface area contributed by atoms with Crippen molar-refractivity contribution >= 4 is 5.82 Å². The number of anilines is 1. The number of rotatable bonds is 3. The molecule has 0 atom stereocenters. The van der Waals surface area contributed by atoms with E-state index in [-0.39, 0.29) is 0 Å². The molecule has 2 heterocycles. The molecule has 6 nitrogen and oxygen atoms in total. The van der Waals surface area contributed by atoms with Gasteiger partial charge in [0.2, 0.25) is 5.89 Å². The van der Waals surface area contributed by atoms with Crippen LogP contribution in [-0.2, 0) is 6.54 Å². The van der Waals surface area contributed by atoms with Crippen molar-refractivity contribution in [3.63, 3.8) is 0 Å². The number of hydrogen-bond donors (Lipinski definition) is 1. The van der Waals surface area contributed by atoms with Gasteiger partial charge in [0.1, 0.15) is 12.8 Å². The topological polar surface area (TPSA) is 82.8 Å². The summed E-state index contributed by atoms with van der Waals surface area (Å²) in [6, 6.07) is 0. The zero-order valence-electron chi connectivity index (χ0n) is 8.13. The second kappa shape index (κ2) is 3.08. The lowest BCUT2D eigenvalue weighted by atomic mass is 10.3. The van der Waals surface area contributed by atoms with E-state index >= 15 is 0 Å². The van der Waals surface area contributed by atoms with Crippen molar-refractivity contribution < 1.29 is 4.42 Å². The van der Waals surface area contributed by atoms with E-state index in [4.69, 9.17) is 10.2 Å². The average molecular weight is 205 g/mol. The smallest absolute Gasteiger partial charge is 0.217 e. The molecular weight excluding hydrogens is 194 g/mol. The summed E-state index contributed by atoms with van der Waals surface area (Å²) in [5, 5.41) is 7.92. The zero-order valence-corrected chi connectivity index (χ0v) is 8.13. The summed E-state index contributed by atoms with van der Waals surface area (Å²) in [6.07, 6.45) is 5.67. The molecule has 3 rings (SSSR count). The van der Waals surface area contributed by atoms with Gasteiger partial charge in [-0.1, -0.05) is 0 Å². The van der Waals surface area contributed by atoms with Crippen LogP contribution < -0.4 is 5.73 Å². The van der Waals surface area contributed by atoms with E-state index in [2.05, 4.69) is 15.2 Å². The molecular formula is C9H11N5O. The molecule has 1 aliphatic rings. The Kier molecular flexibility index (Phi) is 1.74. The molecule has 78 valence electrons. The van der Waals surface area contributed by atoms with Gasteiger partial charge in [0.25, 0.3) is 0 Å². The van der Waals surface area contributed by atoms with E-state index in [1.807, 2.05) is 0 Å². The van der Waals surface area contributed by atoms with Gasteiger partial charge in [0, 0.05) is 5.92 Å². The van der Waals surface area contributed by atoms with Gasteiger partial charge in [0.05, 0.1) is 11.9 Å². The Bertz CT molecular complexity index is 470. The standard InChI is InChI=1S/C9H11N5O/c10-8-3-11-14(13-8)4-9-12-7(5-15-9)6-1-2-6/h3,5-6H,1-2,4H2,(H2,10,13). The second-order valence-corrected chi connectivity index (χ2v) is 3.74. The van der Waals surface area contributed by atoms with Crippen LogP contribution in [0.2, 0.25) is 0 Å². The Hall–Kier alpha value is -1.85. The fraction of sp³-hybridized carbons (Fsp3) is 0.444.